The number of aromatic nitrogens is 3. The van der Waals surface area contributed by atoms with Gasteiger partial charge in [0, 0.05) is 86.6 Å². The molecule has 0 bridgehead atoms. The lowest BCUT2D eigenvalue weighted by molar-refractivity contribution is 0.0193. The Labute approximate surface area is 300 Å². The standard InChI is InChI=1S/C41H39FN6O4/c1-44-14-13-28-20-33(23-43-39(28)44)48(32-8-10-35(49)11-9-32)40(50)30-21-38(45(2)24-30)37-22-31(42)7-12-36(37)41(51)47-25-29-6-4-3-5-27(29)19-34(47)26-46-15-17-52-18-16-46/h3-14,20-24,34,49H,15-19,25-26H2,1-2H3/t34-/m0/s1. The average molecular weight is 699 g/mol. The minimum Gasteiger partial charge on any atom is -0.508 e. The van der Waals surface area contributed by atoms with Crippen molar-refractivity contribution in [1.82, 2.24) is 23.9 Å². The van der Waals surface area contributed by atoms with Crippen LogP contribution in [0, 0.1) is 5.82 Å². The van der Waals surface area contributed by atoms with E-state index in [2.05, 4.69) is 22.0 Å². The van der Waals surface area contributed by atoms with Crippen LogP contribution in [0.5, 0.6) is 5.75 Å². The number of aryl methyl sites for hydroxylation is 2. The summed E-state index contributed by atoms with van der Waals surface area (Å²) in [6.45, 7) is 4.08. The molecular weight excluding hydrogens is 659 g/mol. The first-order chi connectivity index (χ1) is 25.2. The molecule has 264 valence electrons. The molecule has 3 aromatic carbocycles. The van der Waals surface area contributed by atoms with E-state index in [4.69, 9.17) is 4.74 Å². The Kier molecular flexibility index (Phi) is 8.82. The summed E-state index contributed by atoms with van der Waals surface area (Å²) in [7, 11) is 3.69. The average Bonchev–Trinajstić information content (AvgIpc) is 3.74. The van der Waals surface area contributed by atoms with Gasteiger partial charge in [-0.3, -0.25) is 19.4 Å². The number of rotatable bonds is 7. The van der Waals surface area contributed by atoms with Crippen LogP contribution in [0.4, 0.5) is 15.8 Å². The molecule has 8 rings (SSSR count). The lowest BCUT2D eigenvalue weighted by Crippen LogP contribution is -2.52. The van der Waals surface area contributed by atoms with Crippen molar-refractivity contribution in [2.75, 3.05) is 37.7 Å². The van der Waals surface area contributed by atoms with E-state index in [0.29, 0.717) is 60.1 Å². The second-order valence-electron chi connectivity index (χ2n) is 13.6. The number of anilines is 2. The summed E-state index contributed by atoms with van der Waals surface area (Å²) in [6.07, 6.45) is 5.96. The fraction of sp³-hybridized carbons (Fsp3) is 0.244. The van der Waals surface area contributed by atoms with E-state index in [9.17, 15) is 14.7 Å². The van der Waals surface area contributed by atoms with Crippen LogP contribution < -0.4 is 4.90 Å². The van der Waals surface area contributed by atoms with Crippen LogP contribution in [0.15, 0.2) is 104 Å². The minimum atomic E-state index is -0.484. The van der Waals surface area contributed by atoms with Crippen LogP contribution in [0.25, 0.3) is 22.3 Å². The molecular formula is C41H39FN6O4. The number of carbonyl (C=O) groups is 2. The lowest BCUT2D eigenvalue weighted by atomic mass is 9.92. The molecule has 3 aromatic heterocycles. The number of aromatic hydroxyl groups is 1. The largest absolute Gasteiger partial charge is 0.508 e. The summed E-state index contributed by atoms with van der Waals surface area (Å²) in [4.78, 5) is 39.6. The molecule has 6 aromatic rings. The van der Waals surface area contributed by atoms with Crippen LogP contribution in [-0.2, 0) is 31.8 Å². The van der Waals surface area contributed by atoms with Gasteiger partial charge in [0.05, 0.1) is 30.7 Å². The van der Waals surface area contributed by atoms with Gasteiger partial charge in [-0.15, -0.1) is 0 Å². The highest BCUT2D eigenvalue weighted by molar-refractivity contribution is 6.12. The SMILES string of the molecule is Cn1cc(C(=O)N(c2ccc(O)cc2)c2cnc3c(ccn3C)c2)cc1-c1cc(F)ccc1C(=O)N1Cc2ccccc2C[C@H]1CN1CCOCC1. The van der Waals surface area contributed by atoms with Crippen LogP contribution >= 0.6 is 0 Å². The molecule has 11 heteroatoms. The number of amides is 2. The molecule has 10 nitrogen and oxygen atoms in total. The first-order valence-electron chi connectivity index (χ1n) is 17.4. The van der Waals surface area contributed by atoms with Crippen molar-refractivity contribution >= 4 is 34.2 Å². The zero-order chi connectivity index (χ0) is 35.9. The molecule has 2 aliphatic rings. The highest BCUT2D eigenvalue weighted by atomic mass is 19.1. The second kappa shape index (κ2) is 13.7. The molecule has 2 amide bonds. The predicted octanol–water partition coefficient (Wildman–Crippen LogP) is 6.30. The maximum Gasteiger partial charge on any atom is 0.264 e. The number of halogens is 1. The van der Waals surface area contributed by atoms with E-state index in [1.54, 1.807) is 48.3 Å². The molecule has 0 radical (unpaired) electrons. The number of ether oxygens (including phenoxy) is 1. The molecule has 0 saturated carbocycles. The van der Waals surface area contributed by atoms with Crippen molar-refractivity contribution in [2.45, 2.75) is 19.0 Å². The molecule has 1 atom stereocenters. The fourth-order valence-corrected chi connectivity index (χ4v) is 7.47. The number of hydrogen-bond acceptors (Lipinski definition) is 6. The molecule has 1 saturated heterocycles. The van der Waals surface area contributed by atoms with E-state index < -0.39 is 5.82 Å². The van der Waals surface area contributed by atoms with Crippen molar-refractivity contribution in [3.05, 3.63) is 132 Å². The van der Waals surface area contributed by atoms with Gasteiger partial charge in [0.15, 0.2) is 0 Å². The summed E-state index contributed by atoms with van der Waals surface area (Å²) in [6, 6.07) is 24.3. The van der Waals surface area contributed by atoms with Gasteiger partial charge in [-0.2, -0.15) is 0 Å². The van der Waals surface area contributed by atoms with Crippen LogP contribution in [0.1, 0.15) is 31.8 Å². The lowest BCUT2D eigenvalue weighted by Gasteiger charge is -2.40. The third-order valence-electron chi connectivity index (χ3n) is 10.2. The van der Waals surface area contributed by atoms with Gasteiger partial charge in [-0.05, 0) is 78.2 Å². The Hall–Kier alpha value is -5.78. The highest BCUT2D eigenvalue weighted by Gasteiger charge is 2.34. The van der Waals surface area contributed by atoms with Gasteiger partial charge in [-0.25, -0.2) is 9.37 Å². The van der Waals surface area contributed by atoms with Gasteiger partial charge in [0.1, 0.15) is 17.2 Å². The van der Waals surface area contributed by atoms with Gasteiger partial charge in [0.2, 0.25) is 0 Å². The normalized spacial score (nSPS) is 16.2. The summed E-state index contributed by atoms with van der Waals surface area (Å²) in [5.74, 6) is -0.957. The third-order valence-corrected chi connectivity index (χ3v) is 10.2. The van der Waals surface area contributed by atoms with Gasteiger partial charge < -0.3 is 23.9 Å². The van der Waals surface area contributed by atoms with E-state index >= 15 is 4.39 Å². The summed E-state index contributed by atoms with van der Waals surface area (Å²) < 4.78 is 24.3. The maximum absolute atomic E-state index is 15.1. The zero-order valence-corrected chi connectivity index (χ0v) is 29.1. The number of phenolic OH excluding ortho intramolecular Hbond substituents is 1. The van der Waals surface area contributed by atoms with Crippen LogP contribution in [0.2, 0.25) is 0 Å². The zero-order valence-electron chi connectivity index (χ0n) is 29.1. The number of nitrogens with zero attached hydrogens (tertiary/aromatic N) is 6. The topological polar surface area (TPSA) is 96.1 Å². The van der Waals surface area contributed by atoms with Crippen LogP contribution in [0.3, 0.4) is 0 Å². The highest BCUT2D eigenvalue weighted by Crippen LogP contribution is 2.34. The van der Waals surface area contributed by atoms with Crippen molar-refractivity contribution in [2.24, 2.45) is 14.1 Å². The smallest absolute Gasteiger partial charge is 0.264 e. The predicted molar refractivity (Wildman–Crippen MR) is 197 cm³/mol. The van der Waals surface area contributed by atoms with E-state index in [1.807, 2.05) is 47.0 Å². The Morgan fingerprint density at radius 1 is 0.923 bits per heavy atom. The number of phenols is 1. The first kappa shape index (κ1) is 33.4. The summed E-state index contributed by atoms with van der Waals surface area (Å²) in [5.41, 5.74) is 5.80. The molecule has 52 heavy (non-hydrogen) atoms. The Bertz CT molecular complexity index is 2290. The maximum atomic E-state index is 15.1. The second-order valence-corrected chi connectivity index (χ2v) is 13.6. The Balaban J connectivity index is 1.16. The van der Waals surface area contributed by atoms with Gasteiger partial charge >= 0.3 is 0 Å². The Morgan fingerprint density at radius 2 is 1.69 bits per heavy atom. The van der Waals surface area contributed by atoms with Crippen molar-refractivity contribution in [1.29, 1.82) is 0 Å². The van der Waals surface area contributed by atoms with Gasteiger partial charge in [-0.1, -0.05) is 24.3 Å². The summed E-state index contributed by atoms with van der Waals surface area (Å²) >= 11 is 0. The molecule has 0 aliphatic carbocycles. The number of carbonyl (C=O) groups excluding carboxylic acids is 2. The quantitative estimate of drug-likeness (QED) is 0.210. The number of benzene rings is 3. The van der Waals surface area contributed by atoms with Gasteiger partial charge in [0.25, 0.3) is 11.8 Å². The number of fused-ring (bicyclic) bond motifs is 2. The minimum absolute atomic E-state index is 0.0717. The van der Waals surface area contributed by atoms with Crippen molar-refractivity contribution in [3.8, 4) is 17.0 Å². The number of pyridine rings is 1. The first-order valence-corrected chi connectivity index (χ1v) is 17.4. The molecule has 5 heterocycles. The molecule has 1 N–H and O–H groups in total. The van der Waals surface area contributed by atoms with Crippen molar-refractivity contribution < 1.29 is 23.8 Å². The fourth-order valence-electron chi connectivity index (χ4n) is 7.47. The molecule has 0 spiro atoms. The Morgan fingerprint density at radius 3 is 2.48 bits per heavy atom. The molecule has 0 unspecified atom stereocenters. The number of hydrogen-bond donors (Lipinski definition) is 1. The number of morpholine rings is 1. The monoisotopic (exact) mass is 698 g/mol. The van der Waals surface area contributed by atoms with E-state index in [0.717, 1.165) is 36.1 Å². The molecule has 1 fully saturated rings. The van der Waals surface area contributed by atoms with E-state index in [1.165, 1.54) is 34.7 Å². The van der Waals surface area contributed by atoms with E-state index in [-0.39, 0.29) is 23.6 Å². The summed E-state index contributed by atoms with van der Waals surface area (Å²) in [5, 5.41) is 10.9. The van der Waals surface area contributed by atoms with Crippen LogP contribution in [-0.4, -0.2) is 79.7 Å². The van der Waals surface area contributed by atoms with Crippen molar-refractivity contribution in [3.63, 3.8) is 0 Å². The third kappa shape index (κ3) is 6.33. The molecule has 2 aliphatic heterocycles.